The predicted octanol–water partition coefficient (Wildman–Crippen LogP) is -16.0. The van der Waals surface area contributed by atoms with Crippen LogP contribution in [0.25, 0.3) is 0 Å². The van der Waals surface area contributed by atoms with Gasteiger partial charge in [0.1, 0.15) is 183 Å². The van der Waals surface area contributed by atoms with Crippen molar-refractivity contribution in [3.63, 3.8) is 0 Å². The molecule has 0 aromatic heterocycles. The van der Waals surface area contributed by atoms with E-state index in [1.165, 1.54) is 13.8 Å². The molecule has 3 amide bonds. The Morgan fingerprint density at radius 2 is 0.625 bits per heavy atom. The lowest BCUT2D eigenvalue weighted by Gasteiger charge is -2.51. The monoisotopic (exact) mass is 1410 g/mol. The largest absolute Gasteiger partial charge is 0.394 e. The smallest absolute Gasteiger partial charge is 0.217 e. The maximum absolute atomic E-state index is 13.0. The number of hydrogen-bond acceptors (Lipinski definition) is 39. The van der Waals surface area contributed by atoms with E-state index in [1.54, 1.807) is 0 Å². The summed E-state index contributed by atoms with van der Waals surface area (Å²) in [7, 11) is 0. The number of rotatable bonds is 23. The first-order chi connectivity index (χ1) is 45.3. The van der Waals surface area contributed by atoms with E-state index in [4.69, 9.17) is 71.1 Å². The van der Waals surface area contributed by atoms with E-state index in [1.807, 2.05) is 0 Å². The lowest BCUT2D eigenvalue weighted by atomic mass is 9.94. The molecule has 8 heterocycles. The lowest BCUT2D eigenvalue weighted by molar-refractivity contribution is -0.392. The molecule has 8 rings (SSSR count). The zero-order valence-corrected chi connectivity index (χ0v) is 52.1. The van der Waals surface area contributed by atoms with Crippen LogP contribution in [-0.4, -0.2) is 410 Å². The number of ether oxygens (including phenoxy) is 15. The molecule has 24 N–H and O–H groups in total. The second-order valence-electron chi connectivity index (χ2n) is 24.6. The van der Waals surface area contributed by atoms with Gasteiger partial charge in [0, 0.05) is 20.8 Å². The highest BCUT2D eigenvalue weighted by atomic mass is 16.8. The number of carbonyl (C=O) groups is 3. The summed E-state index contributed by atoms with van der Waals surface area (Å²) in [5.41, 5.74) is 0. The molecule has 40 atom stereocenters. The van der Waals surface area contributed by atoms with Crippen LogP contribution in [0.1, 0.15) is 34.6 Å². The summed E-state index contributed by atoms with van der Waals surface area (Å²) in [5.74, 6) is -2.66. The van der Waals surface area contributed by atoms with Gasteiger partial charge in [-0.05, 0) is 13.8 Å². The average molecular weight is 1410 g/mol. The van der Waals surface area contributed by atoms with Crippen molar-refractivity contribution in [2.75, 3.05) is 39.6 Å². The van der Waals surface area contributed by atoms with Gasteiger partial charge in [-0.2, -0.15) is 0 Å². The fourth-order valence-corrected chi connectivity index (χ4v) is 12.4. The van der Waals surface area contributed by atoms with Gasteiger partial charge in [0.2, 0.25) is 17.7 Å². The molecule has 8 aliphatic heterocycles. The van der Waals surface area contributed by atoms with E-state index in [9.17, 15) is 122 Å². The molecule has 0 aromatic carbocycles. The first kappa shape index (κ1) is 78.7. The molecular weight excluding hydrogens is 1310 g/mol. The number of nitrogens with one attached hydrogen (secondary N) is 3. The molecule has 42 nitrogen and oxygen atoms in total. The Morgan fingerprint density at radius 3 is 1.05 bits per heavy atom. The quantitative estimate of drug-likeness (QED) is 0.0452. The van der Waals surface area contributed by atoms with Crippen LogP contribution in [0.5, 0.6) is 0 Å². The van der Waals surface area contributed by atoms with Crippen molar-refractivity contribution in [1.29, 1.82) is 0 Å². The third-order valence-electron chi connectivity index (χ3n) is 17.8. The van der Waals surface area contributed by atoms with E-state index < -0.39 is 303 Å². The fraction of sp³-hybridized carbons (Fsp3) is 0.944. The molecule has 0 aliphatic carbocycles. The second kappa shape index (κ2) is 33.8. The van der Waals surface area contributed by atoms with Gasteiger partial charge in [0.25, 0.3) is 0 Å². The van der Waals surface area contributed by atoms with Crippen molar-refractivity contribution < 1.29 is 193 Å². The summed E-state index contributed by atoms with van der Waals surface area (Å²) in [4.78, 5) is 38.4. The van der Waals surface area contributed by atoms with Crippen LogP contribution in [0.15, 0.2) is 0 Å². The maximum atomic E-state index is 13.0. The van der Waals surface area contributed by atoms with Gasteiger partial charge < -0.3 is 194 Å². The SMILES string of the molecule is CC(=O)N[C@@H]1[C@@H](O[C@@H]2O[C@H](CO[C@@H]3O[C@H](CO)[C@@H](O[C@@H]4O[C@H](CO)[C@H](O)[C@H](O)[C@H]4O[C@@H]4O[C@@H](C)[C@@H](O)[C@@H](O)[C@@H]4O)[C@H](O)[C@H]3NC(C)=O)[C@H](O)[C@H](O[C@@H]3O[C@H](CO)[C@@H](O[C@@H]4O[C@H](CO)[C@H](O)[C@H](O)[C@H]4O[C@@H]4O[C@@H](C)[C@@H](O)[C@@H](O)[C@@H]4O)[C@H](O)[C@H]3NC(C)=O)[C@H]2O)[C@@H](O)[C@@H](CO)O[C@@H]1O. The summed E-state index contributed by atoms with van der Waals surface area (Å²) in [5, 5.41) is 238. The van der Waals surface area contributed by atoms with Crippen LogP contribution in [0.3, 0.4) is 0 Å². The Labute approximate surface area is 545 Å². The van der Waals surface area contributed by atoms with Crippen LogP contribution in [0.4, 0.5) is 0 Å². The summed E-state index contributed by atoms with van der Waals surface area (Å²) in [6.07, 6.45) is -71.2. The summed E-state index contributed by atoms with van der Waals surface area (Å²) in [6.45, 7) is -0.663. The van der Waals surface area contributed by atoms with E-state index >= 15 is 0 Å². The average Bonchev–Trinajstić information content (AvgIpc) is 0.775. The van der Waals surface area contributed by atoms with E-state index in [2.05, 4.69) is 16.0 Å². The number of amides is 3. The van der Waals surface area contributed by atoms with Crippen LogP contribution in [0.2, 0.25) is 0 Å². The highest BCUT2D eigenvalue weighted by molar-refractivity contribution is 5.74. The van der Waals surface area contributed by atoms with Crippen molar-refractivity contribution in [3.8, 4) is 0 Å². The highest BCUT2D eigenvalue weighted by Gasteiger charge is 2.60. The molecule has 8 fully saturated rings. The first-order valence-corrected chi connectivity index (χ1v) is 30.8. The van der Waals surface area contributed by atoms with Crippen molar-refractivity contribution in [3.05, 3.63) is 0 Å². The molecule has 8 saturated heterocycles. The summed E-state index contributed by atoms with van der Waals surface area (Å²) >= 11 is 0. The third-order valence-corrected chi connectivity index (χ3v) is 17.8. The van der Waals surface area contributed by atoms with Crippen LogP contribution in [-0.2, 0) is 85.4 Å². The molecule has 0 saturated carbocycles. The van der Waals surface area contributed by atoms with Gasteiger partial charge in [-0.15, -0.1) is 0 Å². The zero-order valence-electron chi connectivity index (χ0n) is 52.1. The zero-order chi connectivity index (χ0) is 70.8. The van der Waals surface area contributed by atoms with Crippen LogP contribution in [0, 0.1) is 0 Å². The normalized spacial score (nSPS) is 50.3. The van der Waals surface area contributed by atoms with Crippen molar-refractivity contribution >= 4 is 17.7 Å². The molecule has 0 aromatic rings. The molecule has 96 heavy (non-hydrogen) atoms. The summed E-state index contributed by atoms with van der Waals surface area (Å²) in [6, 6.07) is -5.49. The summed E-state index contributed by atoms with van der Waals surface area (Å²) < 4.78 is 88.0. The Hall–Kier alpha value is -3.03. The third kappa shape index (κ3) is 17.0. The van der Waals surface area contributed by atoms with Crippen molar-refractivity contribution in [1.82, 2.24) is 16.0 Å². The molecular formula is C54H91N3O39. The molecule has 0 spiro atoms. The minimum atomic E-state index is -2.38. The Morgan fingerprint density at radius 1 is 0.292 bits per heavy atom. The van der Waals surface area contributed by atoms with E-state index in [-0.39, 0.29) is 0 Å². The van der Waals surface area contributed by atoms with Gasteiger partial charge in [-0.25, -0.2) is 0 Å². The lowest BCUT2D eigenvalue weighted by Crippen LogP contribution is -2.70. The van der Waals surface area contributed by atoms with Gasteiger partial charge in [0.05, 0.1) is 51.8 Å². The minimum absolute atomic E-state index is 0.836. The second-order valence-corrected chi connectivity index (χ2v) is 24.6. The minimum Gasteiger partial charge on any atom is -0.394 e. The van der Waals surface area contributed by atoms with Gasteiger partial charge in [-0.1, -0.05) is 0 Å². The van der Waals surface area contributed by atoms with Crippen LogP contribution < -0.4 is 16.0 Å². The molecule has 556 valence electrons. The molecule has 8 aliphatic rings. The molecule has 0 unspecified atom stereocenters. The topological polar surface area (TPSA) is 651 Å². The highest BCUT2D eigenvalue weighted by Crippen LogP contribution is 2.39. The fourth-order valence-electron chi connectivity index (χ4n) is 12.4. The molecule has 42 heteroatoms. The Kier molecular flexibility index (Phi) is 27.7. The Balaban J connectivity index is 1.08. The number of aliphatic hydroxyl groups is 21. The van der Waals surface area contributed by atoms with Gasteiger partial charge in [-0.3, -0.25) is 14.4 Å². The Bertz CT molecular complexity index is 2480. The first-order valence-electron chi connectivity index (χ1n) is 30.8. The molecule has 0 radical (unpaired) electrons. The number of aliphatic hydroxyl groups excluding tert-OH is 21. The van der Waals surface area contributed by atoms with Crippen molar-refractivity contribution in [2.45, 2.75) is 280 Å². The van der Waals surface area contributed by atoms with Crippen LogP contribution >= 0.6 is 0 Å². The predicted molar refractivity (Wildman–Crippen MR) is 296 cm³/mol. The van der Waals surface area contributed by atoms with Crippen molar-refractivity contribution in [2.24, 2.45) is 0 Å². The van der Waals surface area contributed by atoms with Gasteiger partial charge in [0.15, 0.2) is 50.3 Å². The van der Waals surface area contributed by atoms with E-state index in [0.717, 1.165) is 20.8 Å². The maximum Gasteiger partial charge on any atom is 0.217 e. The standard InChI is InChI=1S/C54H91N3O39/c1-12-26(66)34(74)38(78)50(83-12)95-45-36(76)28(68)17(6-58)86-53(45)91-41-20(9-61)88-48(23(32(41)72)55-14(3)63)82-11-22-31(71)44(40(80)52(90-22)93-43-25(57-16(5)65)47(81)85-19(8-60)30(43)70)94-49-24(56-15(4)64)33(73)42(21(10-62)89-49)92-54-46(37(77)29(69)18(7-59)87-54)96-51-39(79)35(75)27(67)13(2)84-51/h12-13,17-54,58-62,66-81H,6-11H2,1-5H3,(H,55,63)(H,56,64)(H,57,65)/t12-,13-,17+,18+,19+,20+,21+,22+,23+,24+,25+,26+,27+,28-,29-,30-,31-,32+,33+,34+,35+,36-,37-,38-,39-,40+,41+,42+,43+,44-,45+,46+,47-,48+,49-,50-,51-,52-,53-,54-/m0/s1. The van der Waals surface area contributed by atoms with E-state index in [0.29, 0.717) is 0 Å². The number of hydrogen-bond donors (Lipinski definition) is 24. The van der Waals surface area contributed by atoms with Gasteiger partial charge >= 0.3 is 0 Å². The molecule has 0 bridgehead atoms. The number of carbonyl (C=O) groups excluding carboxylic acids is 3.